The molecule has 9 heteroatoms. The Morgan fingerprint density at radius 2 is 1.78 bits per heavy atom. The van der Waals surface area contributed by atoms with Crippen LogP contribution in [0.15, 0.2) is 53.0 Å². The minimum Gasteiger partial charge on any atom is -0.340 e. The van der Waals surface area contributed by atoms with Gasteiger partial charge in [0.15, 0.2) is 9.84 Å². The summed E-state index contributed by atoms with van der Waals surface area (Å²) >= 11 is 1.54. The number of carbonyl (C=O) groups excluding carboxylic acids is 1. The first-order valence-electron chi connectivity index (χ1n) is 9.56. The molecule has 0 saturated carbocycles. The first-order valence-corrected chi connectivity index (χ1v) is 12.1. The van der Waals surface area contributed by atoms with Crippen molar-refractivity contribution in [2.75, 3.05) is 11.1 Å². The number of fused-ring (bicyclic) bond motifs is 1. The number of carbonyl (C=O) groups is 1. The van der Waals surface area contributed by atoms with E-state index in [4.69, 9.17) is 0 Å². The molecule has 0 aliphatic rings. The fourth-order valence-corrected chi connectivity index (χ4v) is 5.59. The van der Waals surface area contributed by atoms with Gasteiger partial charge < -0.3 is 5.32 Å². The number of thiophene rings is 1. The summed E-state index contributed by atoms with van der Waals surface area (Å²) in [6.07, 6.45) is 1.50. The van der Waals surface area contributed by atoms with Crippen molar-refractivity contribution >= 4 is 48.7 Å². The Morgan fingerprint density at radius 1 is 1.06 bits per heavy atom. The second-order valence-electron chi connectivity index (χ2n) is 7.34. The number of rotatable bonds is 6. The Labute approximate surface area is 216 Å². The molecule has 2 aromatic heterocycles. The van der Waals surface area contributed by atoms with Crippen LogP contribution < -0.4 is 5.32 Å². The van der Waals surface area contributed by atoms with E-state index in [0.717, 1.165) is 32.5 Å². The molecule has 161 valence electrons. The van der Waals surface area contributed by atoms with Gasteiger partial charge in [0.2, 0.25) is 0 Å². The number of anilines is 2. The average molecular weight is 539 g/mol. The Morgan fingerprint density at radius 3 is 2.44 bits per heavy atom. The SMILES string of the molecule is CC(=O)CS(=O)(=O)c1ccc(Nc2ncnc3scc(-c4ccc(C)[c-]c4C)c23)cc1.[Y]. The smallest absolute Gasteiger partial charge is 0.185 e. The normalized spacial score (nSPS) is 11.2. The van der Waals surface area contributed by atoms with Gasteiger partial charge in [-0.2, -0.15) is 29.3 Å². The third-order valence-electron chi connectivity index (χ3n) is 4.82. The Balaban J connectivity index is 0.00000289. The fraction of sp³-hybridized carbons (Fsp3) is 0.174. The summed E-state index contributed by atoms with van der Waals surface area (Å²) in [6, 6.07) is 13.8. The minimum absolute atomic E-state index is 0. The molecule has 0 aliphatic carbocycles. The van der Waals surface area contributed by atoms with Crippen LogP contribution in [0.1, 0.15) is 18.1 Å². The predicted octanol–water partition coefficient (Wildman–Crippen LogP) is 4.88. The Bertz CT molecular complexity index is 1400. The maximum Gasteiger partial charge on any atom is 0.185 e. The largest absolute Gasteiger partial charge is 0.340 e. The first-order chi connectivity index (χ1) is 14.7. The van der Waals surface area contributed by atoms with E-state index in [9.17, 15) is 13.2 Å². The van der Waals surface area contributed by atoms with Crippen LogP contribution in [-0.4, -0.2) is 29.9 Å². The number of hydrogen-bond donors (Lipinski definition) is 1. The van der Waals surface area contributed by atoms with Gasteiger partial charge >= 0.3 is 0 Å². The van der Waals surface area contributed by atoms with Crippen molar-refractivity contribution in [1.82, 2.24) is 9.97 Å². The number of ketones is 1. The van der Waals surface area contributed by atoms with Crippen LogP contribution >= 0.6 is 11.3 Å². The topological polar surface area (TPSA) is 89.0 Å². The molecule has 0 bridgehead atoms. The van der Waals surface area contributed by atoms with Gasteiger partial charge in [-0.05, 0) is 42.1 Å². The van der Waals surface area contributed by atoms with Crippen molar-refractivity contribution < 1.29 is 45.9 Å². The van der Waals surface area contributed by atoms with Crippen molar-refractivity contribution in [3.05, 3.63) is 65.3 Å². The Kier molecular flexibility index (Phi) is 7.60. The number of aryl methyl sites for hydroxylation is 2. The molecule has 32 heavy (non-hydrogen) atoms. The van der Waals surface area contributed by atoms with Crippen molar-refractivity contribution in [1.29, 1.82) is 0 Å². The molecule has 6 nitrogen and oxygen atoms in total. The number of hydrogen-bond acceptors (Lipinski definition) is 7. The van der Waals surface area contributed by atoms with Gasteiger partial charge in [0.25, 0.3) is 0 Å². The third kappa shape index (κ3) is 5.14. The molecule has 4 rings (SSSR count). The van der Waals surface area contributed by atoms with E-state index in [1.165, 1.54) is 25.4 Å². The molecule has 2 aromatic carbocycles. The molecular formula is C23H20N3O3S2Y-. The molecule has 0 saturated heterocycles. The van der Waals surface area contributed by atoms with Gasteiger partial charge in [-0.15, -0.1) is 16.9 Å². The monoisotopic (exact) mass is 539 g/mol. The average Bonchev–Trinajstić information content (AvgIpc) is 3.12. The second kappa shape index (κ2) is 9.87. The van der Waals surface area contributed by atoms with Gasteiger partial charge in [0, 0.05) is 43.8 Å². The van der Waals surface area contributed by atoms with Gasteiger partial charge in [-0.25, -0.2) is 18.4 Å². The maximum absolute atomic E-state index is 12.2. The van der Waals surface area contributed by atoms with E-state index in [0.29, 0.717) is 11.5 Å². The molecule has 0 atom stereocenters. The first kappa shape index (κ1) is 24.6. The minimum atomic E-state index is -3.63. The molecule has 2 heterocycles. The van der Waals surface area contributed by atoms with E-state index in [-0.39, 0.29) is 43.4 Å². The van der Waals surface area contributed by atoms with Crippen LogP contribution in [0.5, 0.6) is 0 Å². The molecule has 1 N–H and O–H groups in total. The quantitative estimate of drug-likeness (QED) is 0.352. The number of nitrogens with zero attached hydrogens (tertiary/aromatic N) is 2. The molecule has 0 spiro atoms. The third-order valence-corrected chi connectivity index (χ3v) is 7.48. The van der Waals surface area contributed by atoms with Crippen LogP contribution in [0, 0.1) is 19.9 Å². The summed E-state index contributed by atoms with van der Waals surface area (Å²) in [6.45, 7) is 5.31. The van der Waals surface area contributed by atoms with Gasteiger partial charge in [0.05, 0.1) is 4.90 Å². The number of Topliss-reactive ketones (excluding diaryl/α,β-unsaturated/α-hetero) is 1. The summed E-state index contributed by atoms with van der Waals surface area (Å²) in [5.41, 5.74) is 4.91. The van der Waals surface area contributed by atoms with Crippen LogP contribution in [0.3, 0.4) is 0 Å². The number of sulfone groups is 1. The van der Waals surface area contributed by atoms with Crippen LogP contribution in [0.25, 0.3) is 21.3 Å². The molecule has 0 aliphatic heterocycles. The summed E-state index contributed by atoms with van der Waals surface area (Å²) in [7, 11) is -3.63. The van der Waals surface area contributed by atoms with Crippen molar-refractivity contribution in [3.8, 4) is 11.1 Å². The van der Waals surface area contributed by atoms with Gasteiger partial charge in [-0.3, -0.25) is 4.79 Å². The zero-order chi connectivity index (χ0) is 22.2. The molecule has 1 radical (unpaired) electrons. The summed E-state index contributed by atoms with van der Waals surface area (Å²) in [5, 5.41) is 6.24. The summed E-state index contributed by atoms with van der Waals surface area (Å²) < 4.78 is 24.5. The van der Waals surface area contributed by atoms with E-state index in [1.807, 2.05) is 19.9 Å². The Hall–Kier alpha value is -2.00. The van der Waals surface area contributed by atoms with Gasteiger partial charge in [0.1, 0.15) is 28.5 Å². The predicted molar refractivity (Wildman–Crippen MR) is 124 cm³/mol. The van der Waals surface area contributed by atoms with Crippen molar-refractivity contribution in [3.63, 3.8) is 0 Å². The van der Waals surface area contributed by atoms with Crippen LogP contribution in [0.2, 0.25) is 0 Å². The number of aromatic nitrogens is 2. The van der Waals surface area contributed by atoms with E-state index < -0.39 is 15.6 Å². The van der Waals surface area contributed by atoms with Crippen molar-refractivity contribution in [2.45, 2.75) is 25.7 Å². The molecular weight excluding hydrogens is 519 g/mol. The molecule has 0 fully saturated rings. The van der Waals surface area contributed by atoms with E-state index >= 15 is 0 Å². The standard InChI is InChI=1S/C23H20N3O3S2.Y/c1-14-4-9-19(15(2)10-14)20-11-30-23-21(20)22(24-13-25-23)26-17-5-7-18(8-6-17)31(28,29)12-16(3)27;/h4-9,11,13H,12H2,1-3H3,(H,24,25,26);/q-1;. The zero-order valence-corrected chi connectivity index (χ0v) is 22.3. The van der Waals surface area contributed by atoms with Crippen LogP contribution in [-0.2, 0) is 47.3 Å². The second-order valence-corrected chi connectivity index (χ2v) is 10.2. The van der Waals surface area contributed by atoms with E-state index in [2.05, 4.69) is 32.8 Å². The molecule has 0 amide bonds. The fourth-order valence-electron chi connectivity index (χ4n) is 3.43. The number of benzene rings is 2. The molecule has 0 unspecified atom stereocenters. The zero-order valence-electron chi connectivity index (χ0n) is 17.8. The number of nitrogens with one attached hydrogen (secondary N) is 1. The van der Waals surface area contributed by atoms with E-state index in [1.54, 1.807) is 23.5 Å². The van der Waals surface area contributed by atoms with Gasteiger partial charge in [-0.1, -0.05) is 13.8 Å². The molecule has 4 aromatic rings. The maximum atomic E-state index is 12.2. The summed E-state index contributed by atoms with van der Waals surface area (Å²) in [5.74, 6) is -0.253. The van der Waals surface area contributed by atoms with Crippen LogP contribution in [0.4, 0.5) is 11.5 Å². The summed E-state index contributed by atoms with van der Waals surface area (Å²) in [4.78, 5) is 21.0. The van der Waals surface area contributed by atoms with Crippen molar-refractivity contribution in [2.24, 2.45) is 0 Å².